The summed E-state index contributed by atoms with van der Waals surface area (Å²) in [5.74, 6) is 2.53. The molecule has 1 N–H and O–H groups in total. The molecule has 1 saturated heterocycles. The summed E-state index contributed by atoms with van der Waals surface area (Å²) in [5, 5.41) is 3.07. The summed E-state index contributed by atoms with van der Waals surface area (Å²) < 4.78 is 0. The van der Waals surface area contributed by atoms with Crippen LogP contribution in [0, 0.1) is 5.92 Å². The van der Waals surface area contributed by atoms with Crippen LogP contribution in [0.25, 0.3) is 0 Å². The molecule has 120 valence electrons. The van der Waals surface area contributed by atoms with Gasteiger partial charge in [0.1, 0.15) is 11.6 Å². The summed E-state index contributed by atoms with van der Waals surface area (Å²) in [6.45, 7) is 6.91. The number of carbonyl (C=O) groups is 2. The molecule has 2 amide bonds. The van der Waals surface area contributed by atoms with Crippen LogP contribution in [0.2, 0.25) is 0 Å². The van der Waals surface area contributed by atoms with Crippen molar-refractivity contribution in [3.8, 4) is 0 Å². The van der Waals surface area contributed by atoms with Crippen LogP contribution in [0.1, 0.15) is 52.9 Å². The maximum absolute atomic E-state index is 13.0. The molecule has 0 aromatic carbocycles. The van der Waals surface area contributed by atoms with Crippen molar-refractivity contribution < 1.29 is 9.59 Å². The Balaban J connectivity index is 2.12. The molecular weight excluding hydrogens is 284 g/mol. The Morgan fingerprint density at radius 1 is 1.33 bits per heavy atom. The SMILES string of the molecule is CCSCCCN1C(=O)C2(CCCC2)NC(=O)C1C(C)C. The van der Waals surface area contributed by atoms with Gasteiger partial charge < -0.3 is 10.2 Å². The fraction of sp³-hybridized carbons (Fsp3) is 0.875. The first-order valence-corrected chi connectivity index (χ1v) is 9.38. The van der Waals surface area contributed by atoms with E-state index in [1.54, 1.807) is 0 Å². The topological polar surface area (TPSA) is 49.4 Å². The summed E-state index contributed by atoms with van der Waals surface area (Å²) in [6.07, 6.45) is 4.66. The molecule has 2 rings (SSSR count). The van der Waals surface area contributed by atoms with Crippen LogP contribution in [-0.2, 0) is 9.59 Å². The molecule has 5 heteroatoms. The lowest BCUT2D eigenvalue weighted by atomic mass is 9.87. The van der Waals surface area contributed by atoms with Crippen molar-refractivity contribution in [2.24, 2.45) is 5.92 Å². The van der Waals surface area contributed by atoms with Crippen molar-refractivity contribution in [3.63, 3.8) is 0 Å². The molecule has 4 nitrogen and oxygen atoms in total. The molecular formula is C16H28N2O2S. The van der Waals surface area contributed by atoms with Crippen LogP contribution in [0.4, 0.5) is 0 Å². The number of nitrogens with zero attached hydrogens (tertiary/aromatic N) is 1. The third-order valence-electron chi connectivity index (χ3n) is 4.62. The zero-order valence-corrected chi connectivity index (χ0v) is 14.3. The smallest absolute Gasteiger partial charge is 0.249 e. The minimum atomic E-state index is -0.583. The Hall–Kier alpha value is -0.710. The van der Waals surface area contributed by atoms with E-state index in [-0.39, 0.29) is 23.8 Å². The number of rotatable bonds is 6. The Bertz CT molecular complexity index is 392. The van der Waals surface area contributed by atoms with Gasteiger partial charge in [-0.2, -0.15) is 11.8 Å². The average Bonchev–Trinajstić information content (AvgIpc) is 2.89. The average molecular weight is 312 g/mol. The lowest BCUT2D eigenvalue weighted by Crippen LogP contribution is -2.70. The Morgan fingerprint density at radius 2 is 2.00 bits per heavy atom. The number of hydrogen-bond donors (Lipinski definition) is 1. The molecule has 21 heavy (non-hydrogen) atoms. The number of amides is 2. The van der Waals surface area contributed by atoms with E-state index in [2.05, 4.69) is 12.2 Å². The van der Waals surface area contributed by atoms with E-state index in [0.29, 0.717) is 6.54 Å². The lowest BCUT2D eigenvalue weighted by Gasteiger charge is -2.46. The van der Waals surface area contributed by atoms with E-state index in [1.807, 2.05) is 30.5 Å². The molecule has 0 bridgehead atoms. The van der Waals surface area contributed by atoms with Gasteiger partial charge in [0.15, 0.2) is 0 Å². The molecule has 0 aromatic rings. The minimum absolute atomic E-state index is 0.0506. The van der Waals surface area contributed by atoms with Gasteiger partial charge in [-0.15, -0.1) is 0 Å². The van der Waals surface area contributed by atoms with E-state index < -0.39 is 5.54 Å². The van der Waals surface area contributed by atoms with Gasteiger partial charge >= 0.3 is 0 Å². The molecule has 1 spiro atoms. The predicted molar refractivity (Wildman–Crippen MR) is 87.3 cm³/mol. The first-order chi connectivity index (χ1) is 10.0. The molecule has 1 atom stereocenters. The fourth-order valence-electron chi connectivity index (χ4n) is 3.61. The molecule has 0 radical (unpaired) electrons. The van der Waals surface area contributed by atoms with Gasteiger partial charge in [-0.25, -0.2) is 0 Å². The van der Waals surface area contributed by atoms with E-state index in [9.17, 15) is 9.59 Å². The summed E-state index contributed by atoms with van der Waals surface area (Å²) in [4.78, 5) is 27.4. The number of nitrogens with one attached hydrogen (secondary N) is 1. The van der Waals surface area contributed by atoms with Gasteiger partial charge in [-0.1, -0.05) is 33.6 Å². The van der Waals surface area contributed by atoms with Gasteiger partial charge in [0.05, 0.1) is 0 Å². The highest BCUT2D eigenvalue weighted by molar-refractivity contribution is 7.99. The van der Waals surface area contributed by atoms with Crippen molar-refractivity contribution in [2.75, 3.05) is 18.1 Å². The second-order valence-corrected chi connectivity index (χ2v) is 7.91. The highest BCUT2D eigenvalue weighted by Gasteiger charge is 2.52. The predicted octanol–water partition coefficient (Wildman–Crippen LogP) is 2.43. The zero-order chi connectivity index (χ0) is 15.5. The number of carbonyl (C=O) groups excluding carboxylic acids is 2. The van der Waals surface area contributed by atoms with Crippen molar-refractivity contribution in [3.05, 3.63) is 0 Å². The summed E-state index contributed by atoms with van der Waals surface area (Å²) in [7, 11) is 0. The van der Waals surface area contributed by atoms with Crippen LogP contribution < -0.4 is 5.32 Å². The van der Waals surface area contributed by atoms with Gasteiger partial charge in [0.2, 0.25) is 11.8 Å². The van der Waals surface area contributed by atoms with Crippen LogP contribution in [0.5, 0.6) is 0 Å². The highest BCUT2D eigenvalue weighted by atomic mass is 32.2. The monoisotopic (exact) mass is 312 g/mol. The van der Waals surface area contributed by atoms with Crippen LogP contribution >= 0.6 is 11.8 Å². The third-order valence-corrected chi connectivity index (χ3v) is 5.60. The molecule has 2 aliphatic rings. The molecule has 0 aromatic heterocycles. The first kappa shape index (κ1) is 16.7. The van der Waals surface area contributed by atoms with Crippen molar-refractivity contribution in [2.45, 2.75) is 64.5 Å². The van der Waals surface area contributed by atoms with Crippen LogP contribution in [-0.4, -0.2) is 46.3 Å². The largest absolute Gasteiger partial charge is 0.340 e. The maximum atomic E-state index is 13.0. The standard InChI is InChI=1S/C16H28N2O2S/c1-4-21-11-7-10-18-13(12(2)3)14(19)17-16(15(18)20)8-5-6-9-16/h12-13H,4-11H2,1-3H3,(H,17,19). The van der Waals surface area contributed by atoms with Crippen molar-refractivity contribution >= 4 is 23.6 Å². The first-order valence-electron chi connectivity index (χ1n) is 8.22. The maximum Gasteiger partial charge on any atom is 0.249 e. The van der Waals surface area contributed by atoms with Crippen LogP contribution in [0.15, 0.2) is 0 Å². The van der Waals surface area contributed by atoms with Gasteiger partial charge in [0.25, 0.3) is 0 Å². The summed E-state index contributed by atoms with van der Waals surface area (Å²) in [5.41, 5.74) is -0.583. The van der Waals surface area contributed by atoms with Gasteiger partial charge in [0, 0.05) is 6.54 Å². The Morgan fingerprint density at radius 3 is 2.57 bits per heavy atom. The van der Waals surface area contributed by atoms with Crippen molar-refractivity contribution in [1.29, 1.82) is 0 Å². The van der Waals surface area contributed by atoms with Crippen LogP contribution in [0.3, 0.4) is 0 Å². The molecule has 1 saturated carbocycles. The highest BCUT2D eigenvalue weighted by Crippen LogP contribution is 2.35. The molecule has 1 aliphatic heterocycles. The Kier molecular flexibility index (Phi) is 5.58. The van der Waals surface area contributed by atoms with E-state index in [0.717, 1.165) is 43.6 Å². The van der Waals surface area contributed by atoms with Gasteiger partial charge in [-0.05, 0) is 36.7 Å². The second kappa shape index (κ2) is 7.03. The zero-order valence-electron chi connectivity index (χ0n) is 13.5. The fourth-order valence-corrected chi connectivity index (χ4v) is 4.23. The van der Waals surface area contributed by atoms with E-state index >= 15 is 0 Å². The van der Waals surface area contributed by atoms with Crippen molar-refractivity contribution in [1.82, 2.24) is 10.2 Å². The molecule has 1 heterocycles. The lowest BCUT2D eigenvalue weighted by molar-refractivity contribution is -0.156. The number of piperazine rings is 1. The molecule has 1 aliphatic carbocycles. The normalized spacial score (nSPS) is 25.0. The molecule has 1 unspecified atom stereocenters. The number of hydrogen-bond acceptors (Lipinski definition) is 3. The van der Waals surface area contributed by atoms with E-state index in [1.165, 1.54) is 0 Å². The summed E-state index contributed by atoms with van der Waals surface area (Å²) >= 11 is 1.89. The minimum Gasteiger partial charge on any atom is -0.340 e. The quantitative estimate of drug-likeness (QED) is 0.766. The second-order valence-electron chi connectivity index (χ2n) is 6.52. The number of thioether (sulfide) groups is 1. The van der Waals surface area contributed by atoms with E-state index in [4.69, 9.17) is 0 Å². The van der Waals surface area contributed by atoms with Gasteiger partial charge in [-0.3, -0.25) is 9.59 Å². The Labute approximate surface area is 132 Å². The molecule has 2 fully saturated rings. The third kappa shape index (κ3) is 3.38. The summed E-state index contributed by atoms with van der Waals surface area (Å²) in [6, 6.07) is -0.296.